The molecule has 0 radical (unpaired) electrons. The molecule has 0 saturated carbocycles. The minimum Gasteiger partial charge on any atom is -0.494 e. The second kappa shape index (κ2) is 9.79. The van der Waals surface area contributed by atoms with Crippen molar-refractivity contribution in [1.82, 2.24) is 4.57 Å². The van der Waals surface area contributed by atoms with E-state index in [1.807, 2.05) is 19.9 Å². The highest BCUT2D eigenvalue weighted by atomic mass is 19.4. The number of aromatic hydroxyl groups is 1. The molecule has 0 atom stereocenters. The third-order valence-electron chi connectivity index (χ3n) is 5.45. The van der Waals surface area contributed by atoms with Crippen molar-refractivity contribution in [3.05, 3.63) is 58.7 Å². The number of hydrogen-bond acceptors (Lipinski definition) is 4. The Balaban J connectivity index is 2.15. The molecule has 0 bridgehead atoms. The van der Waals surface area contributed by atoms with Crippen molar-refractivity contribution in [1.29, 1.82) is 0 Å². The summed E-state index contributed by atoms with van der Waals surface area (Å²) >= 11 is 0. The molecule has 0 saturated heterocycles. The molecule has 33 heavy (non-hydrogen) atoms. The quantitative estimate of drug-likeness (QED) is 0.344. The van der Waals surface area contributed by atoms with Gasteiger partial charge in [-0.15, -0.1) is 0 Å². The Morgan fingerprint density at radius 3 is 2.33 bits per heavy atom. The van der Waals surface area contributed by atoms with Gasteiger partial charge in [0.15, 0.2) is 5.78 Å². The number of aliphatic hydroxyl groups is 1. The molecule has 0 aliphatic heterocycles. The number of aryl methyl sites for hydroxylation is 2. The zero-order chi connectivity index (χ0) is 24.3. The fourth-order valence-electron chi connectivity index (χ4n) is 3.95. The number of carbonyl (C=O) groups is 1. The van der Waals surface area contributed by atoms with E-state index in [9.17, 15) is 23.1 Å². The molecule has 0 amide bonds. The Morgan fingerprint density at radius 2 is 1.73 bits per heavy atom. The molecule has 0 aliphatic rings. The number of benzene rings is 2. The summed E-state index contributed by atoms with van der Waals surface area (Å²) in [5.74, 6) is -0.344. The first-order valence-corrected chi connectivity index (χ1v) is 10.7. The van der Waals surface area contributed by atoms with Gasteiger partial charge < -0.3 is 10.2 Å². The van der Waals surface area contributed by atoms with E-state index in [1.54, 1.807) is 19.1 Å². The van der Waals surface area contributed by atoms with Crippen LogP contribution >= 0.6 is 0 Å². The van der Waals surface area contributed by atoms with E-state index in [4.69, 9.17) is 5.11 Å². The summed E-state index contributed by atoms with van der Waals surface area (Å²) in [5, 5.41) is 20.4. The molecule has 1 heterocycles. The second-order valence-electron chi connectivity index (χ2n) is 8.23. The van der Waals surface area contributed by atoms with Crippen LogP contribution in [0.1, 0.15) is 48.4 Å². The number of unbranched alkanes of at least 4 members (excludes halogenated alkanes) is 1. The van der Waals surface area contributed by atoms with Crippen LogP contribution in [0.2, 0.25) is 0 Å². The molecule has 1 aromatic heterocycles. The summed E-state index contributed by atoms with van der Waals surface area (Å²) in [6.07, 6.45) is -3.17. The number of aliphatic imine (C=N–C) groups is 1. The molecule has 2 N–H and O–H groups in total. The largest absolute Gasteiger partial charge is 0.494 e. The minimum absolute atomic E-state index is 0.0152. The molecule has 3 rings (SSSR count). The third-order valence-corrected chi connectivity index (χ3v) is 5.45. The number of fused-ring (bicyclic) bond motifs is 1. The number of alkyl halides is 3. The van der Waals surface area contributed by atoms with Crippen molar-refractivity contribution in [2.24, 2.45) is 4.99 Å². The summed E-state index contributed by atoms with van der Waals surface area (Å²) in [7, 11) is 0. The second-order valence-corrected chi connectivity index (χ2v) is 8.23. The van der Waals surface area contributed by atoms with Crippen LogP contribution in [0.25, 0.3) is 16.6 Å². The van der Waals surface area contributed by atoms with Gasteiger partial charge in [-0.3, -0.25) is 14.4 Å². The molecule has 3 aromatic rings. The van der Waals surface area contributed by atoms with Crippen LogP contribution in [0.5, 0.6) is 5.88 Å². The number of aliphatic hydroxyl groups excluding tert-OH is 1. The lowest BCUT2D eigenvalue weighted by atomic mass is 10.1. The average Bonchev–Trinajstić information content (AvgIpc) is 3.02. The van der Waals surface area contributed by atoms with Crippen molar-refractivity contribution < 1.29 is 28.2 Å². The highest BCUT2D eigenvalue weighted by molar-refractivity contribution is 6.13. The molecule has 176 valence electrons. The van der Waals surface area contributed by atoms with E-state index in [-0.39, 0.29) is 36.8 Å². The topological polar surface area (TPSA) is 74.8 Å². The summed E-state index contributed by atoms with van der Waals surface area (Å²) in [4.78, 5) is 16.4. The smallest absolute Gasteiger partial charge is 0.416 e. The van der Waals surface area contributed by atoms with Gasteiger partial charge in [0, 0.05) is 29.8 Å². The first kappa shape index (κ1) is 24.5. The standard InChI is InChI=1S/C25H27F3N2O3/c1-15-10-16(2)12-19(11-15)30-22-13-18(25(26,27)28)7-8-21(22)23(24(30)33)17(3)29-14-20(32)6-4-5-9-31/h7-8,10-13,31,33H,4-6,9,14H2,1-3H3. The zero-order valence-corrected chi connectivity index (χ0v) is 18.8. The van der Waals surface area contributed by atoms with E-state index < -0.39 is 11.7 Å². The van der Waals surface area contributed by atoms with Crippen LogP contribution in [0.15, 0.2) is 41.4 Å². The van der Waals surface area contributed by atoms with Gasteiger partial charge in [0.1, 0.15) is 0 Å². The molecule has 8 heteroatoms. The van der Waals surface area contributed by atoms with E-state index in [1.165, 1.54) is 10.6 Å². The van der Waals surface area contributed by atoms with E-state index >= 15 is 0 Å². The van der Waals surface area contributed by atoms with Gasteiger partial charge in [-0.05, 0) is 69.0 Å². The number of aromatic nitrogens is 1. The lowest BCUT2D eigenvalue weighted by molar-refractivity contribution is -0.137. The van der Waals surface area contributed by atoms with Crippen molar-refractivity contribution in [2.75, 3.05) is 13.2 Å². The Bertz CT molecular complexity index is 1190. The summed E-state index contributed by atoms with van der Waals surface area (Å²) in [5.41, 5.74) is 2.37. The normalized spacial score (nSPS) is 12.5. The van der Waals surface area contributed by atoms with Crippen molar-refractivity contribution in [3.63, 3.8) is 0 Å². The number of carbonyl (C=O) groups excluding carboxylic acids is 1. The number of halogens is 3. The first-order valence-electron chi connectivity index (χ1n) is 10.7. The summed E-state index contributed by atoms with van der Waals surface area (Å²) in [6, 6.07) is 8.83. The lowest BCUT2D eigenvalue weighted by Crippen LogP contribution is -2.06. The highest BCUT2D eigenvalue weighted by Gasteiger charge is 2.32. The van der Waals surface area contributed by atoms with Crippen LogP contribution in [0, 0.1) is 13.8 Å². The van der Waals surface area contributed by atoms with Crippen molar-refractivity contribution in [2.45, 2.75) is 46.2 Å². The summed E-state index contributed by atoms with van der Waals surface area (Å²) < 4.78 is 41.7. The van der Waals surface area contributed by atoms with Crippen LogP contribution < -0.4 is 0 Å². The monoisotopic (exact) mass is 460 g/mol. The highest BCUT2D eigenvalue weighted by Crippen LogP contribution is 2.39. The Labute approximate surface area is 190 Å². The molecule has 0 spiro atoms. The molecule has 0 unspecified atom stereocenters. The van der Waals surface area contributed by atoms with E-state index in [0.717, 1.165) is 23.3 Å². The van der Waals surface area contributed by atoms with Gasteiger partial charge in [-0.25, -0.2) is 0 Å². The maximum atomic E-state index is 13.4. The molecular formula is C25H27F3N2O3. The number of hydrogen-bond donors (Lipinski definition) is 2. The molecular weight excluding hydrogens is 433 g/mol. The Kier molecular flexibility index (Phi) is 7.27. The molecule has 2 aromatic carbocycles. The number of rotatable bonds is 8. The molecule has 0 fully saturated rings. The van der Waals surface area contributed by atoms with Gasteiger partial charge in [0.25, 0.3) is 0 Å². The third kappa shape index (κ3) is 5.45. The van der Waals surface area contributed by atoms with Gasteiger partial charge in [-0.1, -0.05) is 12.1 Å². The van der Waals surface area contributed by atoms with Crippen LogP contribution in [0.3, 0.4) is 0 Å². The van der Waals surface area contributed by atoms with Crippen LogP contribution in [-0.4, -0.2) is 39.4 Å². The minimum atomic E-state index is -4.54. The number of nitrogens with zero attached hydrogens (tertiary/aromatic N) is 2. The zero-order valence-electron chi connectivity index (χ0n) is 18.8. The Hall–Kier alpha value is -3.13. The van der Waals surface area contributed by atoms with E-state index in [0.29, 0.717) is 35.2 Å². The van der Waals surface area contributed by atoms with Crippen molar-refractivity contribution in [3.8, 4) is 11.6 Å². The lowest BCUT2D eigenvalue weighted by Gasteiger charge is -2.11. The first-order chi connectivity index (χ1) is 15.5. The van der Waals surface area contributed by atoms with Gasteiger partial charge >= 0.3 is 6.18 Å². The maximum Gasteiger partial charge on any atom is 0.416 e. The predicted molar refractivity (Wildman–Crippen MR) is 122 cm³/mol. The van der Waals surface area contributed by atoms with Crippen LogP contribution in [-0.2, 0) is 11.0 Å². The van der Waals surface area contributed by atoms with Gasteiger partial charge in [-0.2, -0.15) is 13.2 Å². The molecule has 0 aliphatic carbocycles. The number of ketones is 1. The van der Waals surface area contributed by atoms with Crippen molar-refractivity contribution >= 4 is 22.4 Å². The van der Waals surface area contributed by atoms with Gasteiger partial charge in [0.05, 0.1) is 23.2 Å². The van der Waals surface area contributed by atoms with Crippen LogP contribution in [0.4, 0.5) is 13.2 Å². The predicted octanol–water partition coefficient (Wildman–Crippen LogP) is 5.51. The maximum absolute atomic E-state index is 13.4. The molecule has 5 nitrogen and oxygen atoms in total. The van der Waals surface area contributed by atoms with Gasteiger partial charge in [0.2, 0.25) is 5.88 Å². The fraction of sp³-hybridized carbons (Fsp3) is 0.360. The summed E-state index contributed by atoms with van der Waals surface area (Å²) in [6.45, 7) is 5.28. The number of Topliss-reactive ketones (excluding diaryl/α,β-unsaturated/α-hetero) is 1. The van der Waals surface area contributed by atoms with E-state index in [2.05, 4.69) is 4.99 Å². The SMILES string of the molecule is CC(=NCC(=O)CCCCO)c1c(O)n(-c2cc(C)cc(C)c2)c2cc(C(F)(F)F)ccc12. The Morgan fingerprint density at radius 1 is 1.06 bits per heavy atom. The average molecular weight is 460 g/mol. The fourth-order valence-corrected chi connectivity index (χ4v) is 3.95.